The van der Waals surface area contributed by atoms with Crippen LogP contribution in [0.4, 0.5) is 42.0 Å². The molecule has 1 amide bonds. The molecule has 5 rings (SSSR count). The third-order valence-corrected chi connectivity index (χ3v) is 10.2. The highest BCUT2D eigenvalue weighted by atomic mass is 79.9. The van der Waals surface area contributed by atoms with E-state index in [2.05, 4.69) is 36.6 Å². The van der Waals surface area contributed by atoms with Crippen LogP contribution < -0.4 is 25.6 Å². The number of aryl methyl sites for hydroxylation is 2. The van der Waals surface area contributed by atoms with Gasteiger partial charge in [0.15, 0.2) is 0 Å². The molecule has 0 spiro atoms. The molecule has 1 saturated heterocycles. The van der Waals surface area contributed by atoms with Crippen molar-refractivity contribution in [2.24, 2.45) is 7.05 Å². The number of carbonyl (C=O) groups excluding carboxylic acids is 1. The maximum Gasteiger partial charge on any atom is 0.471 e. The Labute approximate surface area is 279 Å². The zero-order chi connectivity index (χ0) is 34.3. The van der Waals surface area contributed by atoms with Gasteiger partial charge in [0.1, 0.15) is 18.7 Å². The summed E-state index contributed by atoms with van der Waals surface area (Å²) in [7, 11) is 0.650. The van der Waals surface area contributed by atoms with Crippen LogP contribution in [-0.2, 0) is 16.4 Å². The van der Waals surface area contributed by atoms with Crippen molar-refractivity contribution in [1.29, 1.82) is 0 Å². The number of nitrogens with zero attached hydrogens (tertiary/aromatic N) is 6. The summed E-state index contributed by atoms with van der Waals surface area (Å²) in [6, 6.07) is 7.50. The predicted molar refractivity (Wildman–Crippen MR) is 181 cm³/mol. The lowest BCUT2D eigenvalue weighted by Crippen LogP contribution is -2.52. The third-order valence-electron chi connectivity index (χ3n) is 7.97. The molecule has 3 heterocycles. The number of anilines is 5. The summed E-state index contributed by atoms with van der Waals surface area (Å²) in [5.41, 5.74) is 5.44. The van der Waals surface area contributed by atoms with E-state index >= 15 is 0 Å². The van der Waals surface area contributed by atoms with Crippen molar-refractivity contribution in [3.63, 3.8) is 0 Å². The number of nitrogens with one attached hydrogen (secondary N) is 2. The van der Waals surface area contributed by atoms with Crippen molar-refractivity contribution in [2.75, 3.05) is 62.2 Å². The maximum absolute atomic E-state index is 13.3. The van der Waals surface area contributed by atoms with Gasteiger partial charge in [0.25, 0.3) is 0 Å². The summed E-state index contributed by atoms with van der Waals surface area (Å²) in [6.45, 7) is 7.63. The molecule has 4 aromatic rings. The van der Waals surface area contributed by atoms with Crippen LogP contribution >= 0.6 is 23.1 Å². The predicted octanol–water partition coefficient (Wildman–Crippen LogP) is 6.21. The molecule has 47 heavy (non-hydrogen) atoms. The van der Waals surface area contributed by atoms with E-state index in [9.17, 15) is 22.5 Å². The number of hydrogen-bond acceptors (Lipinski definition) is 9. The number of carbonyl (C=O) groups is 1. The molecule has 2 aromatic carbocycles. The zero-order valence-corrected chi connectivity index (χ0v) is 29.2. The van der Waals surface area contributed by atoms with E-state index in [0.717, 1.165) is 32.5 Å². The third kappa shape index (κ3) is 7.41. The number of piperazine rings is 1. The van der Waals surface area contributed by atoms with Gasteiger partial charge < -0.3 is 29.7 Å². The lowest BCUT2D eigenvalue weighted by atomic mass is 10.0. The molecule has 16 heteroatoms. The van der Waals surface area contributed by atoms with Gasteiger partial charge in [-0.1, -0.05) is 6.07 Å². The Hall–Kier alpha value is -4.10. The van der Waals surface area contributed by atoms with Crippen molar-refractivity contribution in [3.8, 4) is 16.9 Å². The van der Waals surface area contributed by atoms with Gasteiger partial charge >= 0.3 is 12.1 Å². The minimum Gasteiger partial charge on any atom is -0.494 e. The number of aromatic nitrogens is 4. The van der Waals surface area contributed by atoms with Crippen LogP contribution in [-0.4, -0.2) is 83.4 Å². The lowest BCUT2D eigenvalue weighted by Gasteiger charge is -2.37. The molecule has 2 N–H and O–H groups in total. The van der Waals surface area contributed by atoms with E-state index in [1.165, 1.54) is 7.11 Å². The minimum absolute atomic E-state index is 0.0800. The standard InChI is InChI=1S/C31H35BrF3N8O3P/c1-18-7-8-23(27(19(18)2)47(5,6)45)38-28-22(32)16-36-30(40-28)39-24-13-21(20-15-37-41(3)17-20)25(14-26(24)46-4)42-9-11-43(12-10-42)29(44)31(33,34)35/h7-8,13-17H,9-12H2,1-6H3,(H2,36,38,39,40). The van der Waals surface area contributed by atoms with Crippen LogP contribution in [0.2, 0.25) is 0 Å². The number of alkyl halides is 3. The Kier molecular flexibility index (Phi) is 9.61. The SMILES string of the molecule is COc1cc(N2CCN(C(=O)C(F)(F)F)CC2)c(-c2cnn(C)c2)cc1Nc1ncc(Br)c(Nc2ccc(C)c(C)c2P(C)(C)=O)n1. The van der Waals surface area contributed by atoms with Crippen LogP contribution in [0.25, 0.3) is 11.1 Å². The fourth-order valence-electron chi connectivity index (χ4n) is 5.58. The Balaban J connectivity index is 1.49. The van der Waals surface area contributed by atoms with E-state index in [1.807, 2.05) is 43.1 Å². The van der Waals surface area contributed by atoms with Gasteiger partial charge in [0, 0.05) is 73.8 Å². The average molecular weight is 736 g/mol. The number of rotatable bonds is 8. The number of ether oxygens (including phenoxy) is 1. The molecule has 1 aliphatic rings. The first-order valence-electron chi connectivity index (χ1n) is 14.6. The fraction of sp³-hybridized carbons (Fsp3) is 0.355. The first kappa shape index (κ1) is 34.2. The molecule has 0 radical (unpaired) electrons. The van der Waals surface area contributed by atoms with Gasteiger partial charge in [-0.05, 0) is 66.4 Å². The molecule has 1 aliphatic heterocycles. The molecule has 11 nitrogen and oxygen atoms in total. The maximum atomic E-state index is 13.3. The van der Waals surface area contributed by atoms with Crippen LogP contribution in [0.15, 0.2) is 47.3 Å². The molecule has 0 saturated carbocycles. The Morgan fingerprint density at radius 1 is 1.04 bits per heavy atom. The van der Waals surface area contributed by atoms with Crippen LogP contribution in [0.1, 0.15) is 11.1 Å². The smallest absolute Gasteiger partial charge is 0.471 e. The van der Waals surface area contributed by atoms with E-state index in [-0.39, 0.29) is 32.1 Å². The summed E-state index contributed by atoms with van der Waals surface area (Å²) < 4.78 is 60.4. The summed E-state index contributed by atoms with van der Waals surface area (Å²) in [5.74, 6) is -0.691. The van der Waals surface area contributed by atoms with Crippen molar-refractivity contribution in [3.05, 3.63) is 58.5 Å². The number of benzene rings is 2. The monoisotopic (exact) mass is 734 g/mol. The van der Waals surface area contributed by atoms with Crippen LogP contribution in [0, 0.1) is 13.8 Å². The quantitative estimate of drug-likeness (QED) is 0.204. The molecule has 250 valence electrons. The molecule has 2 aromatic heterocycles. The highest BCUT2D eigenvalue weighted by Gasteiger charge is 2.43. The molecule has 0 bridgehead atoms. The topological polar surface area (TPSA) is 118 Å². The number of amides is 1. The van der Waals surface area contributed by atoms with Crippen molar-refractivity contribution < 1.29 is 27.3 Å². The van der Waals surface area contributed by atoms with Crippen molar-refractivity contribution >= 4 is 63.1 Å². The fourth-order valence-corrected chi connectivity index (χ4v) is 7.56. The Bertz CT molecular complexity index is 1870. The van der Waals surface area contributed by atoms with E-state index in [0.29, 0.717) is 33.1 Å². The summed E-state index contributed by atoms with van der Waals surface area (Å²) in [4.78, 5) is 23.7. The normalized spacial score (nSPS) is 13.9. The van der Waals surface area contributed by atoms with Gasteiger partial charge in [0.2, 0.25) is 5.95 Å². The first-order valence-corrected chi connectivity index (χ1v) is 18.0. The minimum atomic E-state index is -4.92. The highest BCUT2D eigenvalue weighted by molar-refractivity contribution is 9.10. The molecule has 0 aliphatic carbocycles. The molecular weight excluding hydrogens is 700 g/mol. The largest absolute Gasteiger partial charge is 0.494 e. The van der Waals surface area contributed by atoms with E-state index < -0.39 is 19.2 Å². The molecule has 1 fully saturated rings. The molecule has 0 unspecified atom stereocenters. The second-order valence-electron chi connectivity index (χ2n) is 11.6. The van der Waals surface area contributed by atoms with Gasteiger partial charge in [-0.3, -0.25) is 9.48 Å². The van der Waals surface area contributed by atoms with Crippen LogP contribution in [0.3, 0.4) is 0 Å². The number of hydrogen-bond donors (Lipinski definition) is 2. The zero-order valence-electron chi connectivity index (χ0n) is 26.7. The van der Waals surface area contributed by atoms with Gasteiger partial charge in [-0.25, -0.2) is 4.98 Å². The van der Waals surface area contributed by atoms with E-state index in [1.54, 1.807) is 43.5 Å². The van der Waals surface area contributed by atoms with Crippen molar-refractivity contribution in [2.45, 2.75) is 20.0 Å². The Morgan fingerprint density at radius 2 is 1.74 bits per heavy atom. The summed E-state index contributed by atoms with van der Waals surface area (Å²) >= 11 is 3.52. The molecular formula is C31H35BrF3N8O3P. The average Bonchev–Trinajstić information content (AvgIpc) is 3.45. The van der Waals surface area contributed by atoms with Gasteiger partial charge in [-0.15, -0.1) is 0 Å². The number of halogens is 4. The summed E-state index contributed by atoms with van der Waals surface area (Å²) in [5, 5.41) is 11.6. The lowest BCUT2D eigenvalue weighted by molar-refractivity contribution is -0.185. The molecule has 0 atom stereocenters. The summed E-state index contributed by atoms with van der Waals surface area (Å²) in [6.07, 6.45) is 0.204. The van der Waals surface area contributed by atoms with Gasteiger partial charge in [0.05, 0.1) is 29.2 Å². The van der Waals surface area contributed by atoms with Gasteiger partial charge in [-0.2, -0.15) is 23.3 Å². The second-order valence-corrected chi connectivity index (χ2v) is 15.6. The van der Waals surface area contributed by atoms with E-state index in [4.69, 9.17) is 9.72 Å². The highest BCUT2D eigenvalue weighted by Crippen LogP contribution is 2.42. The van der Waals surface area contributed by atoms with Crippen LogP contribution in [0.5, 0.6) is 5.75 Å². The number of methoxy groups -OCH3 is 1. The van der Waals surface area contributed by atoms with Crippen molar-refractivity contribution in [1.82, 2.24) is 24.6 Å². The Morgan fingerprint density at radius 3 is 2.34 bits per heavy atom. The first-order chi connectivity index (χ1) is 22.1. The second kappa shape index (κ2) is 13.2.